The highest BCUT2D eigenvalue weighted by molar-refractivity contribution is 5.75. The summed E-state index contributed by atoms with van der Waals surface area (Å²) in [6.07, 6.45) is 4.46. The highest BCUT2D eigenvalue weighted by Gasteiger charge is 2.46. The second-order valence-electron chi connectivity index (χ2n) is 7.01. The summed E-state index contributed by atoms with van der Waals surface area (Å²) in [5, 5.41) is 10.1. The van der Waals surface area contributed by atoms with Crippen molar-refractivity contribution in [3.05, 3.63) is 18.0 Å². The first-order chi connectivity index (χ1) is 9.59. The molecule has 2 unspecified atom stereocenters. The molecule has 21 heavy (non-hydrogen) atoms. The number of amides is 2. The zero-order chi connectivity index (χ0) is 15.8. The number of nitrogens with zero attached hydrogens (tertiary/aromatic N) is 2. The number of hydrogen-bond acceptors (Lipinski definition) is 3. The van der Waals surface area contributed by atoms with E-state index in [1.807, 2.05) is 47.9 Å². The van der Waals surface area contributed by atoms with E-state index in [-0.39, 0.29) is 29.3 Å². The molecule has 2 N–H and O–H groups in total. The average molecular weight is 294 g/mol. The third-order valence-electron chi connectivity index (χ3n) is 3.95. The van der Waals surface area contributed by atoms with Crippen molar-refractivity contribution < 1.29 is 9.53 Å². The number of ether oxygens (including phenoxy) is 1. The number of carbonyl (C=O) groups excluding carboxylic acids is 1. The number of aryl methyl sites for hydroxylation is 1. The molecule has 0 spiro atoms. The molecular weight excluding hydrogens is 268 g/mol. The Hall–Kier alpha value is -1.56. The summed E-state index contributed by atoms with van der Waals surface area (Å²) >= 11 is 0. The van der Waals surface area contributed by atoms with Crippen LogP contribution in [0.4, 0.5) is 4.79 Å². The minimum atomic E-state index is -0.363. The lowest BCUT2D eigenvalue weighted by atomic mass is 9.94. The van der Waals surface area contributed by atoms with Crippen LogP contribution >= 0.6 is 0 Å². The second kappa shape index (κ2) is 5.33. The summed E-state index contributed by atoms with van der Waals surface area (Å²) in [6, 6.07) is -0.267. The van der Waals surface area contributed by atoms with E-state index < -0.39 is 0 Å². The lowest BCUT2D eigenvalue weighted by Crippen LogP contribution is -2.50. The third-order valence-corrected chi connectivity index (χ3v) is 3.95. The molecule has 0 aromatic carbocycles. The van der Waals surface area contributed by atoms with Gasteiger partial charge in [-0.05, 0) is 41.0 Å². The number of urea groups is 1. The fourth-order valence-corrected chi connectivity index (χ4v) is 2.93. The van der Waals surface area contributed by atoms with Gasteiger partial charge in [-0.1, -0.05) is 0 Å². The smallest absolute Gasteiger partial charge is 0.315 e. The van der Waals surface area contributed by atoms with E-state index >= 15 is 0 Å². The van der Waals surface area contributed by atoms with Gasteiger partial charge < -0.3 is 15.4 Å². The van der Waals surface area contributed by atoms with Crippen LogP contribution in [0.25, 0.3) is 0 Å². The van der Waals surface area contributed by atoms with Crippen LogP contribution in [0, 0.1) is 0 Å². The molecule has 2 atom stereocenters. The van der Waals surface area contributed by atoms with Crippen molar-refractivity contribution >= 4 is 6.03 Å². The van der Waals surface area contributed by atoms with Gasteiger partial charge in [0.05, 0.1) is 29.5 Å². The number of aromatic nitrogens is 2. The molecule has 2 rings (SSSR count). The van der Waals surface area contributed by atoms with Gasteiger partial charge in [0.15, 0.2) is 0 Å². The Labute approximate surface area is 126 Å². The van der Waals surface area contributed by atoms with Gasteiger partial charge in [-0.15, -0.1) is 0 Å². The SMILES string of the molecule is CC(NC(=O)NC1CC(C)(C)OC1(C)C)c1cnn(C)c1. The van der Waals surface area contributed by atoms with Crippen molar-refractivity contribution in [3.8, 4) is 0 Å². The van der Waals surface area contributed by atoms with Gasteiger partial charge >= 0.3 is 6.03 Å². The highest BCUT2D eigenvalue weighted by Crippen LogP contribution is 2.37. The predicted molar refractivity (Wildman–Crippen MR) is 80.9 cm³/mol. The molecule has 2 heterocycles. The van der Waals surface area contributed by atoms with Crippen LogP contribution in [0.2, 0.25) is 0 Å². The Kier molecular flexibility index (Phi) is 4.02. The summed E-state index contributed by atoms with van der Waals surface area (Å²) in [5.41, 5.74) is 0.407. The molecule has 1 aliphatic rings. The Morgan fingerprint density at radius 1 is 1.48 bits per heavy atom. The van der Waals surface area contributed by atoms with E-state index in [4.69, 9.17) is 4.74 Å². The zero-order valence-electron chi connectivity index (χ0n) is 13.7. The molecule has 1 aliphatic heterocycles. The second-order valence-corrected chi connectivity index (χ2v) is 7.01. The Morgan fingerprint density at radius 2 is 2.14 bits per heavy atom. The standard InChI is InChI=1S/C15H26N4O2/c1-10(11-8-16-19(6)9-11)17-13(20)18-12-7-14(2,3)21-15(12,4)5/h8-10,12H,7H2,1-6H3,(H2,17,18,20). The highest BCUT2D eigenvalue weighted by atomic mass is 16.5. The number of rotatable bonds is 3. The van der Waals surface area contributed by atoms with Gasteiger partial charge in [0.25, 0.3) is 0 Å². The Balaban J connectivity index is 1.93. The molecule has 0 aliphatic carbocycles. The maximum atomic E-state index is 12.2. The predicted octanol–water partition coefficient (Wildman–Crippen LogP) is 2.13. The van der Waals surface area contributed by atoms with E-state index in [0.717, 1.165) is 12.0 Å². The van der Waals surface area contributed by atoms with Crippen LogP contribution in [-0.2, 0) is 11.8 Å². The number of nitrogens with one attached hydrogen (secondary N) is 2. The summed E-state index contributed by atoms with van der Waals surface area (Å²) in [6.45, 7) is 10.1. The van der Waals surface area contributed by atoms with Crippen LogP contribution in [0.1, 0.15) is 52.6 Å². The van der Waals surface area contributed by atoms with Crippen molar-refractivity contribution in [3.63, 3.8) is 0 Å². The van der Waals surface area contributed by atoms with Crippen LogP contribution in [-0.4, -0.2) is 33.1 Å². The van der Waals surface area contributed by atoms with Crippen LogP contribution < -0.4 is 10.6 Å². The van der Waals surface area contributed by atoms with Crippen LogP contribution in [0.5, 0.6) is 0 Å². The molecule has 0 saturated carbocycles. The largest absolute Gasteiger partial charge is 0.367 e. The van der Waals surface area contributed by atoms with E-state index in [0.29, 0.717) is 0 Å². The lowest BCUT2D eigenvalue weighted by Gasteiger charge is -2.28. The molecule has 0 bridgehead atoms. The van der Waals surface area contributed by atoms with E-state index in [2.05, 4.69) is 15.7 Å². The molecule has 1 saturated heterocycles. The molecule has 1 aromatic heterocycles. The summed E-state index contributed by atoms with van der Waals surface area (Å²) in [5.74, 6) is 0. The van der Waals surface area contributed by atoms with Crippen molar-refractivity contribution in [1.82, 2.24) is 20.4 Å². The molecule has 6 nitrogen and oxygen atoms in total. The molecule has 0 radical (unpaired) electrons. The number of hydrogen-bond donors (Lipinski definition) is 2. The van der Waals surface area contributed by atoms with Gasteiger partial charge in [-0.25, -0.2) is 4.79 Å². The van der Waals surface area contributed by atoms with Crippen molar-refractivity contribution in [1.29, 1.82) is 0 Å². The van der Waals surface area contributed by atoms with Crippen molar-refractivity contribution in [2.24, 2.45) is 7.05 Å². The molecule has 118 valence electrons. The summed E-state index contributed by atoms with van der Waals surface area (Å²) in [7, 11) is 1.86. The summed E-state index contributed by atoms with van der Waals surface area (Å²) in [4.78, 5) is 12.2. The first-order valence-corrected chi connectivity index (χ1v) is 7.35. The van der Waals surface area contributed by atoms with Gasteiger partial charge in [0.2, 0.25) is 0 Å². The quantitative estimate of drug-likeness (QED) is 0.897. The fraction of sp³-hybridized carbons (Fsp3) is 0.733. The van der Waals surface area contributed by atoms with Crippen molar-refractivity contribution in [2.45, 2.75) is 64.3 Å². The molecule has 6 heteroatoms. The van der Waals surface area contributed by atoms with E-state index in [1.54, 1.807) is 10.9 Å². The average Bonchev–Trinajstić information content (AvgIpc) is 2.80. The van der Waals surface area contributed by atoms with E-state index in [1.165, 1.54) is 0 Å². The van der Waals surface area contributed by atoms with Gasteiger partial charge in [0, 0.05) is 18.8 Å². The minimum absolute atomic E-state index is 0.00593. The monoisotopic (exact) mass is 294 g/mol. The maximum Gasteiger partial charge on any atom is 0.315 e. The topological polar surface area (TPSA) is 68.2 Å². The third kappa shape index (κ3) is 3.75. The summed E-state index contributed by atoms with van der Waals surface area (Å²) < 4.78 is 7.71. The van der Waals surface area contributed by atoms with Crippen LogP contribution in [0.15, 0.2) is 12.4 Å². The van der Waals surface area contributed by atoms with Gasteiger partial charge in [0.1, 0.15) is 0 Å². The lowest BCUT2D eigenvalue weighted by molar-refractivity contribution is -0.0690. The minimum Gasteiger partial charge on any atom is -0.367 e. The first-order valence-electron chi connectivity index (χ1n) is 7.35. The molecule has 1 fully saturated rings. The maximum absolute atomic E-state index is 12.2. The van der Waals surface area contributed by atoms with Gasteiger partial charge in [-0.2, -0.15) is 5.10 Å². The molecule has 1 aromatic rings. The zero-order valence-corrected chi connectivity index (χ0v) is 13.7. The normalized spacial score (nSPS) is 24.6. The van der Waals surface area contributed by atoms with Gasteiger partial charge in [-0.3, -0.25) is 4.68 Å². The fourth-order valence-electron chi connectivity index (χ4n) is 2.93. The van der Waals surface area contributed by atoms with Crippen LogP contribution in [0.3, 0.4) is 0 Å². The number of carbonyl (C=O) groups is 1. The van der Waals surface area contributed by atoms with E-state index in [9.17, 15) is 4.79 Å². The Morgan fingerprint density at radius 3 is 2.62 bits per heavy atom. The Bertz CT molecular complexity index is 521. The molecule has 2 amide bonds. The molecular formula is C15H26N4O2. The first kappa shape index (κ1) is 15.8. The van der Waals surface area contributed by atoms with Crippen molar-refractivity contribution in [2.75, 3.05) is 0 Å².